The number of hydrogen-bond donors (Lipinski definition) is 2. The summed E-state index contributed by atoms with van der Waals surface area (Å²) in [6, 6.07) is 10.5. The predicted octanol–water partition coefficient (Wildman–Crippen LogP) is 3.32. The molecule has 0 spiro atoms. The maximum Gasteiger partial charge on any atom is 0.417 e. The van der Waals surface area contributed by atoms with Crippen LogP contribution >= 0.6 is 0 Å². The molecule has 2 N–H and O–H groups in total. The number of alkyl halides is 3. The van der Waals surface area contributed by atoms with Gasteiger partial charge in [-0.1, -0.05) is 36.4 Å². The fourth-order valence-electron chi connectivity index (χ4n) is 3.30. The number of benzene rings is 2. The Morgan fingerprint density at radius 2 is 1.79 bits per heavy atom. The summed E-state index contributed by atoms with van der Waals surface area (Å²) in [5.41, 5.74) is 0.537. The fourth-order valence-corrected chi connectivity index (χ4v) is 3.30. The molecule has 0 fully saturated rings. The first-order chi connectivity index (χ1) is 13.8. The molecule has 0 unspecified atom stereocenters. The van der Waals surface area contributed by atoms with Gasteiger partial charge < -0.3 is 15.4 Å². The molecule has 0 saturated heterocycles. The molecule has 5 nitrogen and oxygen atoms in total. The SMILES string of the molecule is CC(=O)NCCC(=O)NC[C@H]1Cc2cccc(-c3ccccc3C(F)(F)F)c2O1. The Morgan fingerprint density at radius 1 is 1.07 bits per heavy atom. The molecule has 0 bridgehead atoms. The highest BCUT2D eigenvalue weighted by Crippen LogP contribution is 2.43. The maximum atomic E-state index is 13.4. The lowest BCUT2D eigenvalue weighted by Crippen LogP contribution is -2.36. The monoisotopic (exact) mass is 406 g/mol. The number of carbonyl (C=O) groups is 2. The topological polar surface area (TPSA) is 67.4 Å². The van der Waals surface area contributed by atoms with Gasteiger partial charge in [-0.15, -0.1) is 0 Å². The molecule has 29 heavy (non-hydrogen) atoms. The van der Waals surface area contributed by atoms with Gasteiger partial charge in [-0.3, -0.25) is 9.59 Å². The first-order valence-electron chi connectivity index (χ1n) is 9.22. The van der Waals surface area contributed by atoms with E-state index in [-0.39, 0.29) is 43.0 Å². The van der Waals surface area contributed by atoms with E-state index in [4.69, 9.17) is 4.74 Å². The highest BCUT2D eigenvalue weighted by atomic mass is 19.4. The molecule has 1 aliphatic rings. The van der Waals surface area contributed by atoms with Crippen LogP contribution in [0.3, 0.4) is 0 Å². The summed E-state index contributed by atoms with van der Waals surface area (Å²) in [5, 5.41) is 5.27. The zero-order valence-electron chi connectivity index (χ0n) is 15.8. The van der Waals surface area contributed by atoms with E-state index in [2.05, 4.69) is 10.6 Å². The third kappa shape index (κ3) is 5.07. The molecule has 1 aliphatic heterocycles. The molecular formula is C21H21F3N2O3. The normalized spacial score (nSPS) is 15.4. The Labute approximate surface area is 166 Å². The van der Waals surface area contributed by atoms with Crippen LogP contribution in [0.15, 0.2) is 42.5 Å². The number of carbonyl (C=O) groups excluding carboxylic acids is 2. The van der Waals surface area contributed by atoms with Crippen molar-refractivity contribution in [1.82, 2.24) is 10.6 Å². The Hall–Kier alpha value is -3.03. The lowest BCUT2D eigenvalue weighted by atomic mass is 9.96. The number of fused-ring (bicyclic) bond motifs is 1. The van der Waals surface area contributed by atoms with E-state index < -0.39 is 11.7 Å². The van der Waals surface area contributed by atoms with Gasteiger partial charge >= 0.3 is 6.18 Å². The summed E-state index contributed by atoms with van der Waals surface area (Å²) in [5.74, 6) is -0.0262. The Kier molecular flexibility index (Phi) is 6.10. The van der Waals surface area contributed by atoms with Crippen molar-refractivity contribution in [3.8, 4) is 16.9 Å². The standard InChI is InChI=1S/C21H21F3N2O3/c1-13(27)25-10-9-19(28)26-12-15-11-14-5-4-7-17(20(14)29-15)16-6-2-3-8-18(16)21(22,23)24/h2-8,15H,9-12H2,1H3,(H,25,27)(H,26,28)/t15-/m1/s1. The molecule has 0 saturated carbocycles. The van der Waals surface area contributed by atoms with Gasteiger partial charge in [0.25, 0.3) is 0 Å². The molecular weight excluding hydrogens is 385 g/mol. The molecule has 0 aliphatic carbocycles. The minimum atomic E-state index is -4.47. The van der Waals surface area contributed by atoms with Gasteiger partial charge in [0.2, 0.25) is 11.8 Å². The van der Waals surface area contributed by atoms with Gasteiger partial charge in [0.05, 0.1) is 12.1 Å². The summed E-state index contributed by atoms with van der Waals surface area (Å²) in [6.07, 6.45) is -4.21. The van der Waals surface area contributed by atoms with Crippen molar-refractivity contribution in [3.63, 3.8) is 0 Å². The summed E-state index contributed by atoms with van der Waals surface area (Å²) in [6.45, 7) is 1.84. The van der Waals surface area contributed by atoms with Crippen LogP contribution < -0.4 is 15.4 Å². The Morgan fingerprint density at radius 3 is 2.52 bits per heavy atom. The highest BCUT2D eigenvalue weighted by Gasteiger charge is 2.35. The Bertz CT molecular complexity index is 912. The molecule has 2 amide bonds. The lowest BCUT2D eigenvalue weighted by molar-refractivity contribution is -0.137. The van der Waals surface area contributed by atoms with Crippen LogP contribution in [0, 0.1) is 0 Å². The summed E-state index contributed by atoms with van der Waals surface area (Å²) in [4.78, 5) is 22.7. The minimum Gasteiger partial charge on any atom is -0.487 e. The first-order valence-corrected chi connectivity index (χ1v) is 9.22. The summed E-state index contributed by atoms with van der Waals surface area (Å²) >= 11 is 0. The summed E-state index contributed by atoms with van der Waals surface area (Å²) in [7, 11) is 0. The van der Waals surface area contributed by atoms with Crippen molar-refractivity contribution in [3.05, 3.63) is 53.6 Å². The third-order valence-corrected chi connectivity index (χ3v) is 4.60. The third-order valence-electron chi connectivity index (χ3n) is 4.60. The summed E-state index contributed by atoms with van der Waals surface area (Å²) < 4.78 is 46.1. The number of hydrogen-bond acceptors (Lipinski definition) is 3. The second-order valence-corrected chi connectivity index (χ2v) is 6.82. The van der Waals surface area contributed by atoms with Crippen LogP contribution in [0.5, 0.6) is 5.75 Å². The van der Waals surface area contributed by atoms with Crippen LogP contribution in [-0.2, 0) is 22.2 Å². The average Bonchev–Trinajstić information content (AvgIpc) is 3.08. The van der Waals surface area contributed by atoms with Crippen LogP contribution in [0.1, 0.15) is 24.5 Å². The maximum absolute atomic E-state index is 13.4. The molecule has 1 atom stereocenters. The number of nitrogens with one attached hydrogen (secondary N) is 2. The molecule has 2 aromatic carbocycles. The largest absolute Gasteiger partial charge is 0.487 e. The van der Waals surface area contributed by atoms with Crippen molar-refractivity contribution in [2.24, 2.45) is 0 Å². The molecule has 0 aromatic heterocycles. The van der Waals surface area contributed by atoms with Crippen LogP contribution in [0.4, 0.5) is 13.2 Å². The van der Waals surface area contributed by atoms with Gasteiger partial charge in [0, 0.05) is 31.9 Å². The second kappa shape index (κ2) is 8.55. The van der Waals surface area contributed by atoms with Crippen molar-refractivity contribution in [1.29, 1.82) is 0 Å². The van der Waals surface area contributed by atoms with Crippen molar-refractivity contribution >= 4 is 11.8 Å². The van der Waals surface area contributed by atoms with E-state index in [0.717, 1.165) is 11.6 Å². The molecule has 1 heterocycles. The molecule has 0 radical (unpaired) electrons. The molecule has 2 aromatic rings. The lowest BCUT2D eigenvalue weighted by Gasteiger charge is -2.16. The zero-order chi connectivity index (χ0) is 21.0. The number of ether oxygens (including phenoxy) is 1. The van der Waals surface area contributed by atoms with Crippen LogP contribution in [0.25, 0.3) is 11.1 Å². The number of amides is 2. The number of halogens is 3. The molecule has 3 rings (SSSR count). The van der Waals surface area contributed by atoms with Crippen molar-refractivity contribution < 1.29 is 27.5 Å². The van der Waals surface area contributed by atoms with Gasteiger partial charge in [-0.25, -0.2) is 0 Å². The van der Waals surface area contributed by atoms with Gasteiger partial charge in [0.15, 0.2) is 0 Å². The average molecular weight is 406 g/mol. The minimum absolute atomic E-state index is 0.0665. The van der Waals surface area contributed by atoms with E-state index in [0.29, 0.717) is 17.7 Å². The van der Waals surface area contributed by atoms with Crippen molar-refractivity contribution in [2.75, 3.05) is 13.1 Å². The predicted molar refractivity (Wildman–Crippen MR) is 101 cm³/mol. The smallest absolute Gasteiger partial charge is 0.417 e. The highest BCUT2D eigenvalue weighted by molar-refractivity contribution is 5.78. The van der Waals surface area contributed by atoms with E-state index in [1.54, 1.807) is 18.2 Å². The number of rotatable bonds is 6. The van der Waals surface area contributed by atoms with Crippen LogP contribution in [-0.4, -0.2) is 31.0 Å². The quantitative estimate of drug-likeness (QED) is 0.774. The van der Waals surface area contributed by atoms with Crippen molar-refractivity contribution in [2.45, 2.75) is 32.0 Å². The van der Waals surface area contributed by atoms with E-state index in [9.17, 15) is 22.8 Å². The molecule has 154 valence electrons. The first kappa shape index (κ1) is 20.7. The second-order valence-electron chi connectivity index (χ2n) is 6.82. The van der Waals surface area contributed by atoms with Gasteiger partial charge in [0.1, 0.15) is 11.9 Å². The van der Waals surface area contributed by atoms with E-state index >= 15 is 0 Å². The van der Waals surface area contributed by atoms with Gasteiger partial charge in [-0.05, 0) is 17.2 Å². The fraction of sp³-hybridized carbons (Fsp3) is 0.333. The zero-order valence-corrected chi connectivity index (χ0v) is 15.8. The van der Waals surface area contributed by atoms with E-state index in [1.807, 2.05) is 6.07 Å². The van der Waals surface area contributed by atoms with E-state index in [1.165, 1.54) is 19.1 Å². The van der Waals surface area contributed by atoms with Gasteiger partial charge in [-0.2, -0.15) is 13.2 Å². The van der Waals surface area contributed by atoms with Crippen LogP contribution in [0.2, 0.25) is 0 Å². The Balaban J connectivity index is 1.70. The number of para-hydroxylation sites is 1. The molecule has 8 heteroatoms.